The maximum atomic E-state index is 12.2. The van der Waals surface area contributed by atoms with Gasteiger partial charge in [-0.25, -0.2) is 4.79 Å². The van der Waals surface area contributed by atoms with Crippen molar-refractivity contribution in [2.75, 3.05) is 12.4 Å². The average molecular weight is 337 g/mol. The van der Waals surface area contributed by atoms with Gasteiger partial charge in [-0.1, -0.05) is 17.7 Å². The predicted molar refractivity (Wildman–Crippen MR) is 87.0 cm³/mol. The van der Waals surface area contributed by atoms with Gasteiger partial charge in [-0.05, 0) is 37.6 Å². The Morgan fingerprint density at radius 2 is 2.04 bits per heavy atom. The Kier molecular flexibility index (Phi) is 5.28. The zero-order chi connectivity index (χ0) is 17.0. The third-order valence-corrected chi connectivity index (χ3v) is 3.35. The number of aromatic amines is 1. The van der Waals surface area contributed by atoms with Gasteiger partial charge < -0.3 is 19.8 Å². The van der Waals surface area contributed by atoms with Crippen LogP contribution in [0.5, 0.6) is 5.75 Å². The maximum absolute atomic E-state index is 12.2. The van der Waals surface area contributed by atoms with Crippen molar-refractivity contribution < 1.29 is 19.1 Å². The van der Waals surface area contributed by atoms with Gasteiger partial charge in [0, 0.05) is 6.20 Å². The van der Waals surface area contributed by atoms with Crippen LogP contribution in [-0.2, 0) is 9.53 Å². The molecule has 2 rings (SSSR count). The van der Waals surface area contributed by atoms with E-state index in [0.717, 1.165) is 5.56 Å². The summed E-state index contributed by atoms with van der Waals surface area (Å²) in [6, 6.07) is 6.82. The number of hydrogen-bond donors (Lipinski definition) is 2. The van der Waals surface area contributed by atoms with Gasteiger partial charge in [0.05, 0.1) is 17.8 Å². The highest BCUT2D eigenvalue weighted by Gasteiger charge is 2.21. The van der Waals surface area contributed by atoms with Crippen LogP contribution in [0.1, 0.15) is 23.0 Å². The minimum atomic E-state index is -0.977. The first-order valence-corrected chi connectivity index (χ1v) is 7.29. The lowest BCUT2D eigenvalue weighted by molar-refractivity contribution is -0.123. The lowest BCUT2D eigenvalue weighted by Crippen LogP contribution is -2.30. The Balaban J connectivity index is 2.03. The van der Waals surface area contributed by atoms with Gasteiger partial charge in [0.15, 0.2) is 6.10 Å². The number of methoxy groups -OCH3 is 1. The molecule has 0 aliphatic rings. The molecule has 7 heteroatoms. The molecule has 122 valence electrons. The summed E-state index contributed by atoms with van der Waals surface area (Å²) in [5.74, 6) is -0.589. The van der Waals surface area contributed by atoms with Crippen LogP contribution in [0.2, 0.25) is 5.02 Å². The topological polar surface area (TPSA) is 80.4 Å². The summed E-state index contributed by atoms with van der Waals surface area (Å²) in [6.07, 6.45) is 0.482. The maximum Gasteiger partial charge on any atom is 0.355 e. The van der Waals surface area contributed by atoms with Crippen molar-refractivity contribution in [3.05, 3.63) is 46.7 Å². The fourth-order valence-electron chi connectivity index (χ4n) is 1.92. The van der Waals surface area contributed by atoms with E-state index < -0.39 is 18.0 Å². The van der Waals surface area contributed by atoms with E-state index in [9.17, 15) is 9.59 Å². The molecule has 0 aliphatic carbocycles. The number of carbonyl (C=O) groups excluding carboxylic acids is 2. The van der Waals surface area contributed by atoms with Crippen molar-refractivity contribution in [3.63, 3.8) is 0 Å². The number of H-pyrrole nitrogens is 1. The van der Waals surface area contributed by atoms with E-state index in [1.54, 1.807) is 12.1 Å². The number of rotatable bonds is 5. The Hall–Kier alpha value is -2.47. The number of hydrogen-bond acceptors (Lipinski definition) is 4. The number of aromatic nitrogens is 1. The van der Waals surface area contributed by atoms with Gasteiger partial charge in [-0.15, -0.1) is 0 Å². The van der Waals surface area contributed by atoms with Crippen molar-refractivity contribution in [2.24, 2.45) is 0 Å². The van der Waals surface area contributed by atoms with Crippen LogP contribution in [0.3, 0.4) is 0 Å². The molecule has 2 N–H and O–H groups in total. The molecule has 23 heavy (non-hydrogen) atoms. The summed E-state index contributed by atoms with van der Waals surface area (Å²) in [5, 5.41) is 3.07. The van der Waals surface area contributed by atoms with Crippen molar-refractivity contribution in [3.8, 4) is 5.75 Å². The number of nitrogens with one attached hydrogen (secondary N) is 2. The number of amides is 1. The Labute approximate surface area is 138 Å². The van der Waals surface area contributed by atoms with Crippen LogP contribution < -0.4 is 10.1 Å². The second-order valence-corrected chi connectivity index (χ2v) is 5.41. The lowest BCUT2D eigenvalue weighted by atomic mass is 10.2. The highest BCUT2D eigenvalue weighted by molar-refractivity contribution is 6.30. The van der Waals surface area contributed by atoms with E-state index in [4.69, 9.17) is 21.1 Å². The summed E-state index contributed by atoms with van der Waals surface area (Å²) < 4.78 is 10.3. The Morgan fingerprint density at radius 1 is 1.30 bits per heavy atom. The summed E-state index contributed by atoms with van der Waals surface area (Å²) >= 11 is 5.73. The van der Waals surface area contributed by atoms with E-state index in [0.29, 0.717) is 16.5 Å². The standard InChI is InChI=1S/C16H17ClN2O4/c1-9-4-5-14(22-3)12(6-9)19-15(20)10(2)23-16(21)13-7-11(17)8-18-13/h4-8,10,18H,1-3H3,(H,19,20)/t10-/m0/s1. The Morgan fingerprint density at radius 3 is 2.65 bits per heavy atom. The van der Waals surface area contributed by atoms with Gasteiger partial charge in [-0.2, -0.15) is 0 Å². The van der Waals surface area contributed by atoms with Gasteiger partial charge >= 0.3 is 5.97 Å². The number of ether oxygens (including phenoxy) is 2. The molecule has 1 atom stereocenters. The van der Waals surface area contributed by atoms with Crippen LogP contribution in [-0.4, -0.2) is 30.1 Å². The Bertz CT molecular complexity index is 727. The molecule has 1 heterocycles. The highest BCUT2D eigenvalue weighted by atomic mass is 35.5. The molecule has 0 bridgehead atoms. The van der Waals surface area contributed by atoms with Gasteiger partial charge in [0.1, 0.15) is 11.4 Å². The minimum Gasteiger partial charge on any atom is -0.495 e. The summed E-state index contributed by atoms with van der Waals surface area (Å²) in [7, 11) is 1.51. The van der Waals surface area contributed by atoms with E-state index in [1.165, 1.54) is 26.3 Å². The molecule has 0 fully saturated rings. The molecule has 2 aromatic rings. The number of anilines is 1. The molecule has 0 spiro atoms. The monoisotopic (exact) mass is 336 g/mol. The third kappa shape index (κ3) is 4.26. The zero-order valence-corrected chi connectivity index (χ0v) is 13.7. The molecule has 0 radical (unpaired) electrons. The second-order valence-electron chi connectivity index (χ2n) is 4.97. The van der Waals surface area contributed by atoms with E-state index in [2.05, 4.69) is 10.3 Å². The molecule has 0 aliphatic heterocycles. The first-order valence-electron chi connectivity index (χ1n) is 6.91. The quantitative estimate of drug-likeness (QED) is 0.822. The number of benzene rings is 1. The lowest BCUT2D eigenvalue weighted by Gasteiger charge is -2.15. The molecule has 0 saturated heterocycles. The number of esters is 1. The van der Waals surface area contributed by atoms with Crippen LogP contribution in [0.15, 0.2) is 30.5 Å². The van der Waals surface area contributed by atoms with Crippen molar-refractivity contribution in [1.29, 1.82) is 0 Å². The number of halogens is 1. The molecule has 1 aromatic carbocycles. The molecular formula is C16H17ClN2O4. The van der Waals surface area contributed by atoms with E-state index in [1.807, 2.05) is 13.0 Å². The highest BCUT2D eigenvalue weighted by Crippen LogP contribution is 2.25. The van der Waals surface area contributed by atoms with Crippen LogP contribution >= 0.6 is 11.6 Å². The molecule has 6 nitrogen and oxygen atoms in total. The predicted octanol–water partition coefficient (Wildman–Crippen LogP) is 3.17. The normalized spacial score (nSPS) is 11.7. The van der Waals surface area contributed by atoms with Crippen molar-refractivity contribution in [1.82, 2.24) is 4.98 Å². The van der Waals surface area contributed by atoms with E-state index >= 15 is 0 Å². The van der Waals surface area contributed by atoms with Gasteiger partial charge in [-0.3, -0.25) is 4.79 Å². The average Bonchev–Trinajstić information content (AvgIpc) is 2.94. The van der Waals surface area contributed by atoms with Crippen LogP contribution in [0.4, 0.5) is 5.69 Å². The van der Waals surface area contributed by atoms with Crippen LogP contribution in [0.25, 0.3) is 0 Å². The van der Waals surface area contributed by atoms with Gasteiger partial charge in [0.25, 0.3) is 5.91 Å². The van der Waals surface area contributed by atoms with Gasteiger partial charge in [0.2, 0.25) is 0 Å². The fourth-order valence-corrected chi connectivity index (χ4v) is 2.08. The molecule has 0 unspecified atom stereocenters. The smallest absolute Gasteiger partial charge is 0.355 e. The summed E-state index contributed by atoms with van der Waals surface area (Å²) in [4.78, 5) is 26.7. The fraction of sp³-hybridized carbons (Fsp3) is 0.250. The zero-order valence-electron chi connectivity index (χ0n) is 13.0. The number of aryl methyl sites for hydroxylation is 1. The van der Waals surface area contributed by atoms with Crippen LogP contribution in [0, 0.1) is 6.92 Å². The first kappa shape index (κ1) is 16.9. The molecule has 0 saturated carbocycles. The van der Waals surface area contributed by atoms with Crippen molar-refractivity contribution >= 4 is 29.2 Å². The van der Waals surface area contributed by atoms with E-state index in [-0.39, 0.29) is 5.69 Å². The SMILES string of the molecule is COc1ccc(C)cc1NC(=O)[C@H](C)OC(=O)c1cc(Cl)c[nH]1. The second kappa shape index (κ2) is 7.19. The summed E-state index contributed by atoms with van der Waals surface area (Å²) in [5.41, 5.74) is 1.66. The third-order valence-electron chi connectivity index (χ3n) is 3.13. The first-order chi connectivity index (χ1) is 10.9. The van der Waals surface area contributed by atoms with Crippen molar-refractivity contribution in [2.45, 2.75) is 20.0 Å². The number of carbonyl (C=O) groups is 2. The molecule has 1 amide bonds. The molecular weight excluding hydrogens is 320 g/mol. The minimum absolute atomic E-state index is 0.183. The summed E-state index contributed by atoms with van der Waals surface area (Å²) in [6.45, 7) is 3.38. The largest absolute Gasteiger partial charge is 0.495 e. The molecule has 1 aromatic heterocycles.